The molecule has 8 nitrogen and oxygen atoms in total. The van der Waals surface area contributed by atoms with Crippen molar-refractivity contribution in [3.8, 4) is 28.3 Å². The molecule has 0 saturated heterocycles. The van der Waals surface area contributed by atoms with Gasteiger partial charge in [0.1, 0.15) is 18.1 Å². The van der Waals surface area contributed by atoms with Crippen molar-refractivity contribution in [2.75, 3.05) is 13.7 Å². The quantitative estimate of drug-likeness (QED) is 0.437. The van der Waals surface area contributed by atoms with Gasteiger partial charge < -0.3 is 15.4 Å². The van der Waals surface area contributed by atoms with Gasteiger partial charge in [0.2, 0.25) is 5.91 Å². The van der Waals surface area contributed by atoms with Crippen LogP contribution in [0.5, 0.6) is 5.75 Å². The number of pyridine rings is 1. The lowest BCUT2D eigenvalue weighted by Gasteiger charge is -2.18. The van der Waals surface area contributed by atoms with E-state index in [1.54, 1.807) is 19.4 Å². The normalized spacial score (nSPS) is 13.0. The van der Waals surface area contributed by atoms with Gasteiger partial charge in [-0.15, -0.1) is 0 Å². The topological polar surface area (TPSA) is 98.1 Å². The lowest BCUT2D eigenvalue weighted by Crippen LogP contribution is -2.37. The van der Waals surface area contributed by atoms with E-state index in [1.807, 2.05) is 38.1 Å². The summed E-state index contributed by atoms with van der Waals surface area (Å²) in [6.45, 7) is 5.42. The zero-order valence-corrected chi connectivity index (χ0v) is 20.7. The minimum absolute atomic E-state index is 0.0475. The summed E-state index contributed by atoms with van der Waals surface area (Å²) in [4.78, 5) is 35.8. The van der Waals surface area contributed by atoms with E-state index >= 15 is 0 Å². The first-order chi connectivity index (χ1) is 17.4. The molecule has 0 aliphatic carbocycles. The van der Waals surface area contributed by atoms with Gasteiger partial charge >= 0.3 is 0 Å². The number of amides is 1. The third kappa shape index (κ3) is 4.72. The van der Waals surface area contributed by atoms with Gasteiger partial charge in [-0.05, 0) is 67.8 Å². The van der Waals surface area contributed by atoms with Crippen LogP contribution in [0.1, 0.15) is 25.0 Å². The van der Waals surface area contributed by atoms with Crippen LogP contribution >= 0.6 is 0 Å². The van der Waals surface area contributed by atoms with Crippen LogP contribution in [-0.2, 0) is 24.3 Å². The Labute approximate surface area is 209 Å². The Morgan fingerprint density at radius 1 is 1.11 bits per heavy atom. The SMILES string of the molecule is COc1cccc(-c2nc3ncc(-c4ccc5c(c4)CNCC5)cc3c(=O)n2CC(=O)NC(C)C)c1. The monoisotopic (exact) mass is 483 g/mol. The first-order valence-electron chi connectivity index (χ1n) is 12.1. The summed E-state index contributed by atoms with van der Waals surface area (Å²) < 4.78 is 6.77. The summed E-state index contributed by atoms with van der Waals surface area (Å²) in [5, 5.41) is 6.63. The Morgan fingerprint density at radius 2 is 1.97 bits per heavy atom. The van der Waals surface area contributed by atoms with Gasteiger partial charge in [0.05, 0.1) is 12.5 Å². The molecule has 5 rings (SSSR count). The van der Waals surface area contributed by atoms with Crippen LogP contribution in [0, 0.1) is 0 Å². The first kappa shape index (κ1) is 23.7. The number of benzene rings is 2. The molecule has 1 amide bonds. The molecule has 2 aromatic carbocycles. The molecule has 184 valence electrons. The van der Waals surface area contributed by atoms with Crippen molar-refractivity contribution in [3.63, 3.8) is 0 Å². The number of nitrogens with zero attached hydrogens (tertiary/aromatic N) is 3. The number of fused-ring (bicyclic) bond motifs is 2. The average molecular weight is 484 g/mol. The lowest BCUT2D eigenvalue weighted by molar-refractivity contribution is -0.122. The third-order valence-corrected chi connectivity index (χ3v) is 6.32. The molecular weight excluding hydrogens is 454 g/mol. The number of methoxy groups -OCH3 is 1. The highest BCUT2D eigenvalue weighted by Gasteiger charge is 2.18. The van der Waals surface area contributed by atoms with Gasteiger partial charge in [-0.1, -0.05) is 24.3 Å². The second-order valence-corrected chi connectivity index (χ2v) is 9.29. The molecule has 2 N–H and O–H groups in total. The van der Waals surface area contributed by atoms with E-state index < -0.39 is 0 Å². The van der Waals surface area contributed by atoms with Crippen molar-refractivity contribution < 1.29 is 9.53 Å². The van der Waals surface area contributed by atoms with E-state index in [0.717, 1.165) is 30.6 Å². The van der Waals surface area contributed by atoms with E-state index in [1.165, 1.54) is 15.7 Å². The Bertz CT molecular complexity index is 1510. The van der Waals surface area contributed by atoms with Crippen molar-refractivity contribution in [3.05, 3.63) is 76.2 Å². The van der Waals surface area contributed by atoms with Crippen LogP contribution in [0.25, 0.3) is 33.5 Å². The van der Waals surface area contributed by atoms with Crippen molar-refractivity contribution in [2.45, 2.75) is 39.4 Å². The first-order valence-corrected chi connectivity index (χ1v) is 12.1. The molecule has 2 aromatic heterocycles. The number of hydrogen-bond acceptors (Lipinski definition) is 6. The van der Waals surface area contributed by atoms with Crippen LogP contribution < -0.4 is 20.9 Å². The summed E-state index contributed by atoms with van der Waals surface area (Å²) in [5.41, 5.74) is 5.11. The van der Waals surface area contributed by atoms with E-state index in [9.17, 15) is 9.59 Å². The maximum Gasteiger partial charge on any atom is 0.263 e. The highest BCUT2D eigenvalue weighted by molar-refractivity contribution is 5.83. The molecule has 36 heavy (non-hydrogen) atoms. The van der Waals surface area contributed by atoms with Gasteiger partial charge in [0.15, 0.2) is 5.65 Å². The average Bonchev–Trinajstić information content (AvgIpc) is 2.89. The smallest absolute Gasteiger partial charge is 0.263 e. The number of nitrogens with one attached hydrogen (secondary N) is 2. The molecule has 0 saturated carbocycles. The largest absolute Gasteiger partial charge is 0.497 e. The number of rotatable bonds is 6. The fraction of sp³-hybridized carbons (Fsp3) is 0.286. The Hall–Kier alpha value is -4.04. The van der Waals surface area contributed by atoms with Gasteiger partial charge in [-0.2, -0.15) is 0 Å². The maximum absolute atomic E-state index is 13.8. The summed E-state index contributed by atoms with van der Waals surface area (Å²) in [6, 6.07) is 15.4. The van der Waals surface area contributed by atoms with Gasteiger partial charge in [-0.25, -0.2) is 9.97 Å². The Balaban J connectivity index is 1.65. The summed E-state index contributed by atoms with van der Waals surface area (Å²) in [7, 11) is 1.58. The molecule has 0 bridgehead atoms. The van der Waals surface area contributed by atoms with Crippen molar-refractivity contribution in [2.24, 2.45) is 0 Å². The van der Waals surface area contributed by atoms with Gasteiger partial charge in [-0.3, -0.25) is 14.2 Å². The fourth-order valence-electron chi connectivity index (χ4n) is 4.56. The van der Waals surface area contributed by atoms with E-state index in [4.69, 9.17) is 9.72 Å². The van der Waals surface area contributed by atoms with E-state index in [-0.39, 0.29) is 24.1 Å². The van der Waals surface area contributed by atoms with Crippen molar-refractivity contribution in [1.82, 2.24) is 25.2 Å². The van der Waals surface area contributed by atoms with Gasteiger partial charge in [0.25, 0.3) is 5.56 Å². The number of carbonyl (C=O) groups excluding carboxylic acids is 1. The predicted molar refractivity (Wildman–Crippen MR) is 140 cm³/mol. The number of carbonyl (C=O) groups is 1. The second kappa shape index (κ2) is 9.91. The number of ether oxygens (including phenoxy) is 1. The Kier molecular flexibility index (Phi) is 6.52. The molecule has 1 aliphatic rings. The lowest BCUT2D eigenvalue weighted by atomic mass is 9.96. The molecule has 0 radical (unpaired) electrons. The second-order valence-electron chi connectivity index (χ2n) is 9.29. The van der Waals surface area contributed by atoms with E-state index in [0.29, 0.717) is 28.2 Å². The predicted octanol–water partition coefficient (Wildman–Crippen LogP) is 3.30. The van der Waals surface area contributed by atoms with Crippen molar-refractivity contribution >= 4 is 16.9 Å². The molecule has 0 unspecified atom stereocenters. The molecule has 8 heteroatoms. The minimum Gasteiger partial charge on any atom is -0.497 e. The minimum atomic E-state index is -0.314. The fourth-order valence-corrected chi connectivity index (χ4v) is 4.56. The van der Waals surface area contributed by atoms with Gasteiger partial charge in [0, 0.05) is 29.9 Å². The highest BCUT2D eigenvalue weighted by Crippen LogP contribution is 2.27. The summed E-state index contributed by atoms with van der Waals surface area (Å²) >= 11 is 0. The number of hydrogen-bond donors (Lipinski definition) is 2. The summed E-state index contributed by atoms with van der Waals surface area (Å²) in [5.74, 6) is 0.736. The molecule has 3 heterocycles. The zero-order chi connectivity index (χ0) is 25.2. The highest BCUT2D eigenvalue weighted by atomic mass is 16.5. The molecule has 1 aliphatic heterocycles. The molecule has 0 fully saturated rings. The summed E-state index contributed by atoms with van der Waals surface area (Å²) in [6.07, 6.45) is 2.75. The Morgan fingerprint density at radius 3 is 2.78 bits per heavy atom. The third-order valence-electron chi connectivity index (χ3n) is 6.32. The van der Waals surface area contributed by atoms with Crippen LogP contribution in [0.15, 0.2) is 59.5 Å². The molecular formula is C28H29N5O3. The molecule has 0 atom stereocenters. The van der Waals surface area contributed by atoms with Crippen LogP contribution in [-0.4, -0.2) is 40.1 Å². The van der Waals surface area contributed by atoms with Crippen LogP contribution in [0.2, 0.25) is 0 Å². The standard InChI is InChI=1S/C28H29N5O3/c1-17(2)31-25(34)16-33-27(20-5-4-6-23(12-20)36-3)32-26-24(28(33)35)13-22(15-30-26)19-8-7-18-9-10-29-14-21(18)11-19/h4-8,11-13,15,17,29H,9-10,14,16H2,1-3H3,(H,31,34). The molecule has 0 spiro atoms. The van der Waals surface area contributed by atoms with Crippen LogP contribution in [0.4, 0.5) is 0 Å². The van der Waals surface area contributed by atoms with Crippen molar-refractivity contribution in [1.29, 1.82) is 0 Å². The zero-order valence-electron chi connectivity index (χ0n) is 20.7. The maximum atomic E-state index is 13.8. The molecule has 4 aromatic rings. The number of aromatic nitrogens is 3. The van der Waals surface area contributed by atoms with Crippen LogP contribution in [0.3, 0.4) is 0 Å². The van der Waals surface area contributed by atoms with E-state index in [2.05, 4.69) is 33.8 Å².